The van der Waals surface area contributed by atoms with E-state index in [1.165, 1.54) is 4.88 Å². The van der Waals surface area contributed by atoms with Crippen LogP contribution >= 0.6 is 27.3 Å². The number of aromatic nitrogens is 2. The predicted octanol–water partition coefficient (Wildman–Crippen LogP) is 3.53. The maximum Gasteiger partial charge on any atom is 0.126 e. The lowest BCUT2D eigenvalue weighted by Crippen LogP contribution is -2.00. The largest absolute Gasteiger partial charge is 0.365 e. The summed E-state index contributed by atoms with van der Waals surface area (Å²) in [5.41, 5.74) is 0.991. The Balaban J connectivity index is 2.02. The molecule has 0 bridgehead atoms. The van der Waals surface area contributed by atoms with E-state index >= 15 is 0 Å². The van der Waals surface area contributed by atoms with Crippen molar-refractivity contribution < 1.29 is 0 Å². The molecule has 2 heterocycles. The Morgan fingerprint density at radius 3 is 2.81 bits per heavy atom. The van der Waals surface area contributed by atoms with Crippen molar-refractivity contribution in [1.82, 2.24) is 9.97 Å². The molecule has 0 amide bonds. The first-order valence-electron chi connectivity index (χ1n) is 4.93. The van der Waals surface area contributed by atoms with Crippen molar-refractivity contribution in [3.8, 4) is 0 Å². The van der Waals surface area contributed by atoms with Gasteiger partial charge in [-0.3, -0.25) is 0 Å². The number of aryl methyl sites for hydroxylation is 2. The molecule has 2 rings (SSSR count). The van der Waals surface area contributed by atoms with Crippen LogP contribution in [0.4, 0.5) is 5.82 Å². The zero-order valence-corrected chi connectivity index (χ0v) is 11.5. The molecule has 0 saturated carbocycles. The van der Waals surface area contributed by atoms with Gasteiger partial charge in [0.05, 0.1) is 17.2 Å². The first kappa shape index (κ1) is 11.5. The Morgan fingerprint density at radius 2 is 2.19 bits per heavy atom. The van der Waals surface area contributed by atoms with Crippen LogP contribution in [0, 0.1) is 13.8 Å². The van der Waals surface area contributed by atoms with Crippen molar-refractivity contribution in [3.05, 3.63) is 38.4 Å². The maximum absolute atomic E-state index is 4.42. The Kier molecular flexibility index (Phi) is 3.56. The summed E-state index contributed by atoms with van der Waals surface area (Å²) in [4.78, 5) is 9.85. The van der Waals surface area contributed by atoms with Crippen LogP contribution < -0.4 is 5.32 Å². The number of halogens is 1. The molecular formula is C11H12BrN3S. The molecule has 0 aliphatic heterocycles. The highest BCUT2D eigenvalue weighted by molar-refractivity contribution is 9.10. The third-order valence-electron chi connectivity index (χ3n) is 2.13. The van der Waals surface area contributed by atoms with E-state index in [4.69, 9.17) is 0 Å². The van der Waals surface area contributed by atoms with E-state index in [2.05, 4.69) is 31.2 Å². The molecule has 0 aliphatic rings. The highest BCUT2D eigenvalue weighted by Gasteiger charge is 2.01. The summed E-state index contributed by atoms with van der Waals surface area (Å²) < 4.78 is 1.03. The van der Waals surface area contributed by atoms with E-state index in [1.807, 2.05) is 32.2 Å². The topological polar surface area (TPSA) is 37.8 Å². The number of hydrogen-bond donors (Lipinski definition) is 1. The van der Waals surface area contributed by atoms with Crippen molar-refractivity contribution in [2.45, 2.75) is 20.4 Å². The standard InChI is InChI=1S/C11H12BrN3S/c1-7-10(12)3-4-11(15-7)14-6-9-5-13-8(2)16-9/h3-5H,6H2,1-2H3,(H,14,15). The number of rotatable bonds is 3. The number of nitrogens with one attached hydrogen (secondary N) is 1. The normalized spacial score (nSPS) is 10.4. The van der Waals surface area contributed by atoms with Crippen LogP contribution in [0.2, 0.25) is 0 Å². The molecular weight excluding hydrogens is 286 g/mol. The van der Waals surface area contributed by atoms with Gasteiger partial charge in [-0.05, 0) is 41.9 Å². The second-order valence-corrected chi connectivity index (χ2v) is 5.64. The molecule has 0 unspecified atom stereocenters. The molecule has 0 atom stereocenters. The fourth-order valence-corrected chi connectivity index (χ4v) is 2.26. The maximum atomic E-state index is 4.42. The molecule has 5 heteroatoms. The van der Waals surface area contributed by atoms with Gasteiger partial charge in [0.15, 0.2) is 0 Å². The third kappa shape index (κ3) is 2.80. The van der Waals surface area contributed by atoms with Crippen LogP contribution in [0.3, 0.4) is 0 Å². The number of nitrogens with zero attached hydrogens (tertiary/aromatic N) is 2. The van der Waals surface area contributed by atoms with E-state index in [1.54, 1.807) is 11.3 Å². The van der Waals surface area contributed by atoms with E-state index in [0.717, 1.165) is 27.5 Å². The summed E-state index contributed by atoms with van der Waals surface area (Å²) in [6.07, 6.45) is 1.90. The first-order valence-corrected chi connectivity index (χ1v) is 6.54. The molecule has 0 aliphatic carbocycles. The summed E-state index contributed by atoms with van der Waals surface area (Å²) >= 11 is 5.13. The van der Waals surface area contributed by atoms with E-state index in [-0.39, 0.29) is 0 Å². The second-order valence-electron chi connectivity index (χ2n) is 3.46. The summed E-state index contributed by atoms with van der Waals surface area (Å²) in [7, 11) is 0. The van der Waals surface area contributed by atoms with Crippen LogP contribution in [-0.4, -0.2) is 9.97 Å². The van der Waals surface area contributed by atoms with Crippen molar-refractivity contribution in [2.24, 2.45) is 0 Å². The molecule has 0 fully saturated rings. The van der Waals surface area contributed by atoms with Crippen LogP contribution in [-0.2, 0) is 6.54 Å². The molecule has 0 saturated heterocycles. The average molecular weight is 298 g/mol. The minimum absolute atomic E-state index is 0.777. The monoisotopic (exact) mass is 297 g/mol. The van der Waals surface area contributed by atoms with Crippen molar-refractivity contribution >= 4 is 33.1 Å². The lowest BCUT2D eigenvalue weighted by molar-refractivity contribution is 1.10. The molecule has 16 heavy (non-hydrogen) atoms. The molecule has 2 aromatic heterocycles. The first-order chi connectivity index (χ1) is 7.65. The average Bonchev–Trinajstić information content (AvgIpc) is 2.66. The second kappa shape index (κ2) is 4.93. The van der Waals surface area contributed by atoms with Gasteiger partial charge in [0.25, 0.3) is 0 Å². The van der Waals surface area contributed by atoms with Crippen LogP contribution in [0.1, 0.15) is 15.6 Å². The van der Waals surface area contributed by atoms with Gasteiger partial charge in [-0.15, -0.1) is 11.3 Å². The van der Waals surface area contributed by atoms with E-state index in [0.29, 0.717) is 0 Å². The fourth-order valence-electron chi connectivity index (χ4n) is 1.31. The Bertz CT molecular complexity index is 496. The SMILES string of the molecule is Cc1ncc(CNc2ccc(Br)c(C)n2)s1. The minimum atomic E-state index is 0.777. The fraction of sp³-hybridized carbons (Fsp3) is 0.273. The van der Waals surface area contributed by atoms with E-state index < -0.39 is 0 Å². The molecule has 0 aromatic carbocycles. The smallest absolute Gasteiger partial charge is 0.126 e. The Hall–Kier alpha value is -0.940. The van der Waals surface area contributed by atoms with Gasteiger partial charge in [0, 0.05) is 15.5 Å². The highest BCUT2D eigenvalue weighted by Crippen LogP contribution is 2.17. The number of pyridine rings is 1. The Morgan fingerprint density at radius 1 is 1.38 bits per heavy atom. The van der Waals surface area contributed by atoms with Gasteiger partial charge < -0.3 is 5.32 Å². The van der Waals surface area contributed by atoms with Crippen LogP contribution in [0.15, 0.2) is 22.8 Å². The molecule has 2 aromatic rings. The van der Waals surface area contributed by atoms with Crippen LogP contribution in [0.25, 0.3) is 0 Å². The number of hydrogen-bond acceptors (Lipinski definition) is 4. The molecule has 84 valence electrons. The van der Waals surface area contributed by atoms with Gasteiger partial charge in [0.1, 0.15) is 5.82 Å². The van der Waals surface area contributed by atoms with Gasteiger partial charge in [-0.1, -0.05) is 0 Å². The molecule has 0 spiro atoms. The van der Waals surface area contributed by atoms with Crippen molar-refractivity contribution in [3.63, 3.8) is 0 Å². The van der Waals surface area contributed by atoms with Gasteiger partial charge in [0.2, 0.25) is 0 Å². The van der Waals surface area contributed by atoms with Crippen LogP contribution in [0.5, 0.6) is 0 Å². The Labute approximate surface area is 107 Å². The predicted molar refractivity (Wildman–Crippen MR) is 70.9 cm³/mol. The zero-order chi connectivity index (χ0) is 11.5. The lowest BCUT2D eigenvalue weighted by atomic mass is 10.3. The minimum Gasteiger partial charge on any atom is -0.365 e. The molecule has 3 nitrogen and oxygen atoms in total. The zero-order valence-electron chi connectivity index (χ0n) is 9.12. The summed E-state index contributed by atoms with van der Waals surface area (Å²) in [6, 6.07) is 3.97. The van der Waals surface area contributed by atoms with Gasteiger partial charge >= 0.3 is 0 Å². The summed E-state index contributed by atoms with van der Waals surface area (Å²) in [5.74, 6) is 0.895. The van der Waals surface area contributed by atoms with Gasteiger partial charge in [-0.25, -0.2) is 9.97 Å². The highest BCUT2D eigenvalue weighted by atomic mass is 79.9. The third-order valence-corrected chi connectivity index (χ3v) is 3.89. The lowest BCUT2D eigenvalue weighted by Gasteiger charge is -2.05. The van der Waals surface area contributed by atoms with E-state index in [9.17, 15) is 0 Å². The molecule has 0 radical (unpaired) electrons. The van der Waals surface area contributed by atoms with Gasteiger partial charge in [-0.2, -0.15) is 0 Å². The quantitative estimate of drug-likeness (QED) is 0.942. The summed E-state index contributed by atoms with van der Waals surface area (Å²) in [5, 5.41) is 4.37. The number of anilines is 1. The van der Waals surface area contributed by atoms with Crippen molar-refractivity contribution in [2.75, 3.05) is 5.32 Å². The number of thiazole rings is 1. The van der Waals surface area contributed by atoms with Crippen molar-refractivity contribution in [1.29, 1.82) is 0 Å². The summed E-state index contributed by atoms with van der Waals surface area (Å²) in [6.45, 7) is 4.77. The molecule has 1 N–H and O–H groups in total.